The molecule has 0 fully saturated rings. The van der Waals surface area contributed by atoms with Crippen LogP contribution < -0.4 is 5.32 Å². The molecule has 0 aliphatic rings. The van der Waals surface area contributed by atoms with E-state index in [1.165, 1.54) is 10.9 Å². The number of benzene rings is 1. The van der Waals surface area contributed by atoms with Gasteiger partial charge in [0.2, 0.25) is 0 Å². The summed E-state index contributed by atoms with van der Waals surface area (Å²) in [4.78, 5) is 3.17. The van der Waals surface area contributed by atoms with Gasteiger partial charge in [0.15, 0.2) is 0 Å². The number of aromatic nitrogens is 1. The van der Waals surface area contributed by atoms with Crippen LogP contribution in [0.15, 0.2) is 30.5 Å². The van der Waals surface area contributed by atoms with Gasteiger partial charge in [0.05, 0.1) is 5.60 Å². The normalized spacial score (nSPS) is 12.2. The highest BCUT2D eigenvalue weighted by Gasteiger charge is 2.10. The number of nitrogens with one attached hydrogen (secondary N) is 2. The molecular formula is C13H18N2O. The first-order valence-corrected chi connectivity index (χ1v) is 5.54. The summed E-state index contributed by atoms with van der Waals surface area (Å²) < 4.78 is 0. The molecule has 86 valence electrons. The van der Waals surface area contributed by atoms with Gasteiger partial charge in [-0.25, -0.2) is 0 Å². The molecule has 0 amide bonds. The highest BCUT2D eigenvalue weighted by Crippen LogP contribution is 2.14. The van der Waals surface area contributed by atoms with Crippen LogP contribution in [0.1, 0.15) is 19.4 Å². The van der Waals surface area contributed by atoms with Crippen molar-refractivity contribution in [1.29, 1.82) is 0 Å². The van der Waals surface area contributed by atoms with E-state index in [1.807, 2.05) is 6.20 Å². The number of hydrogen-bond donors (Lipinski definition) is 3. The summed E-state index contributed by atoms with van der Waals surface area (Å²) in [5.74, 6) is 0. The van der Waals surface area contributed by atoms with Gasteiger partial charge < -0.3 is 15.4 Å². The van der Waals surface area contributed by atoms with Gasteiger partial charge in [0, 0.05) is 24.8 Å². The summed E-state index contributed by atoms with van der Waals surface area (Å²) in [5.41, 5.74) is 1.74. The lowest BCUT2D eigenvalue weighted by molar-refractivity contribution is 0.0795. The van der Waals surface area contributed by atoms with Crippen LogP contribution in [-0.4, -0.2) is 22.2 Å². The Hall–Kier alpha value is -1.32. The third-order valence-corrected chi connectivity index (χ3v) is 2.50. The lowest BCUT2D eigenvalue weighted by Gasteiger charge is -2.17. The fourth-order valence-corrected chi connectivity index (χ4v) is 1.73. The number of H-pyrrole nitrogens is 1. The Bertz CT molecular complexity index is 468. The summed E-state index contributed by atoms with van der Waals surface area (Å²) in [7, 11) is 0. The van der Waals surface area contributed by atoms with Crippen LogP contribution in [0.4, 0.5) is 0 Å². The van der Waals surface area contributed by atoms with E-state index in [0.717, 1.165) is 12.1 Å². The van der Waals surface area contributed by atoms with E-state index >= 15 is 0 Å². The summed E-state index contributed by atoms with van der Waals surface area (Å²) >= 11 is 0. The number of fused-ring (bicyclic) bond motifs is 1. The molecule has 0 spiro atoms. The number of hydrogen-bond acceptors (Lipinski definition) is 2. The predicted molar refractivity (Wildman–Crippen MR) is 66.3 cm³/mol. The Kier molecular flexibility index (Phi) is 2.99. The molecule has 0 saturated heterocycles. The van der Waals surface area contributed by atoms with Crippen molar-refractivity contribution in [3.63, 3.8) is 0 Å². The van der Waals surface area contributed by atoms with Gasteiger partial charge >= 0.3 is 0 Å². The first kappa shape index (κ1) is 11.2. The molecule has 3 N–H and O–H groups in total. The van der Waals surface area contributed by atoms with Crippen LogP contribution in [0, 0.1) is 0 Å². The molecule has 1 aromatic carbocycles. The van der Waals surface area contributed by atoms with Crippen molar-refractivity contribution in [2.75, 3.05) is 6.54 Å². The first-order chi connectivity index (χ1) is 7.54. The second kappa shape index (κ2) is 4.28. The lowest BCUT2D eigenvalue weighted by Crippen LogP contribution is -2.34. The molecule has 0 radical (unpaired) electrons. The highest BCUT2D eigenvalue weighted by atomic mass is 16.3. The fraction of sp³-hybridized carbons (Fsp3) is 0.385. The second-order valence-electron chi connectivity index (χ2n) is 4.82. The zero-order chi connectivity index (χ0) is 11.6. The second-order valence-corrected chi connectivity index (χ2v) is 4.82. The minimum atomic E-state index is -0.655. The first-order valence-electron chi connectivity index (χ1n) is 5.54. The average molecular weight is 218 g/mol. The van der Waals surface area contributed by atoms with E-state index in [9.17, 15) is 5.11 Å². The zero-order valence-corrected chi connectivity index (χ0v) is 9.75. The van der Waals surface area contributed by atoms with Gasteiger partial charge in [0.25, 0.3) is 0 Å². The molecule has 16 heavy (non-hydrogen) atoms. The Morgan fingerprint density at radius 3 is 2.88 bits per heavy atom. The molecule has 0 unspecified atom stereocenters. The van der Waals surface area contributed by atoms with E-state index in [0.29, 0.717) is 6.54 Å². The average Bonchev–Trinajstić information content (AvgIpc) is 2.62. The Labute approximate surface area is 95.5 Å². The van der Waals surface area contributed by atoms with Crippen LogP contribution in [0.5, 0.6) is 0 Å². The van der Waals surface area contributed by atoms with Crippen molar-refractivity contribution < 1.29 is 5.11 Å². The van der Waals surface area contributed by atoms with Crippen LogP contribution in [0.3, 0.4) is 0 Å². The standard InChI is InChI=1S/C13H18N2O/c1-13(2,16)9-14-8-10-3-4-12-11(7-10)5-6-15-12/h3-7,14-16H,8-9H2,1-2H3. The third kappa shape index (κ3) is 2.84. The molecule has 0 aliphatic heterocycles. The van der Waals surface area contributed by atoms with Gasteiger partial charge in [-0.2, -0.15) is 0 Å². The number of rotatable bonds is 4. The molecule has 0 bridgehead atoms. The molecular weight excluding hydrogens is 200 g/mol. The summed E-state index contributed by atoms with van der Waals surface area (Å²) in [6, 6.07) is 8.39. The van der Waals surface area contributed by atoms with E-state index in [1.54, 1.807) is 13.8 Å². The van der Waals surface area contributed by atoms with Gasteiger partial charge in [0.1, 0.15) is 0 Å². The van der Waals surface area contributed by atoms with Crippen LogP contribution in [-0.2, 0) is 6.54 Å². The Morgan fingerprint density at radius 2 is 2.12 bits per heavy atom. The maximum atomic E-state index is 9.57. The topological polar surface area (TPSA) is 48.0 Å². The molecule has 0 aliphatic carbocycles. The molecule has 1 heterocycles. The van der Waals surface area contributed by atoms with Crippen molar-refractivity contribution in [3.8, 4) is 0 Å². The molecule has 3 heteroatoms. The number of aromatic amines is 1. The third-order valence-electron chi connectivity index (χ3n) is 2.50. The van der Waals surface area contributed by atoms with Crippen molar-refractivity contribution in [3.05, 3.63) is 36.0 Å². The van der Waals surface area contributed by atoms with E-state index in [2.05, 4.69) is 34.6 Å². The van der Waals surface area contributed by atoms with Gasteiger partial charge in [-0.15, -0.1) is 0 Å². The molecule has 2 aromatic rings. The summed E-state index contributed by atoms with van der Waals surface area (Å²) in [6.07, 6.45) is 1.94. The van der Waals surface area contributed by atoms with Crippen LogP contribution in [0.25, 0.3) is 10.9 Å². The van der Waals surface area contributed by atoms with E-state index < -0.39 is 5.60 Å². The fourth-order valence-electron chi connectivity index (χ4n) is 1.73. The molecule has 1 aromatic heterocycles. The predicted octanol–water partition coefficient (Wildman–Crippen LogP) is 2.03. The number of aliphatic hydroxyl groups is 1. The largest absolute Gasteiger partial charge is 0.389 e. The zero-order valence-electron chi connectivity index (χ0n) is 9.75. The SMILES string of the molecule is CC(C)(O)CNCc1ccc2[nH]ccc2c1. The van der Waals surface area contributed by atoms with Gasteiger partial charge in [-0.3, -0.25) is 0 Å². The molecule has 0 atom stereocenters. The maximum absolute atomic E-state index is 9.57. The quantitative estimate of drug-likeness (QED) is 0.735. The lowest BCUT2D eigenvalue weighted by atomic mass is 10.1. The van der Waals surface area contributed by atoms with E-state index in [4.69, 9.17) is 0 Å². The van der Waals surface area contributed by atoms with Gasteiger partial charge in [-0.05, 0) is 43.0 Å². The summed E-state index contributed by atoms with van der Waals surface area (Å²) in [5, 5.41) is 14.0. The minimum absolute atomic E-state index is 0.595. The van der Waals surface area contributed by atoms with Crippen molar-refractivity contribution >= 4 is 10.9 Å². The van der Waals surface area contributed by atoms with Crippen molar-refractivity contribution in [1.82, 2.24) is 10.3 Å². The Balaban J connectivity index is 1.99. The molecule has 2 rings (SSSR count). The maximum Gasteiger partial charge on any atom is 0.0715 e. The van der Waals surface area contributed by atoms with Crippen molar-refractivity contribution in [2.45, 2.75) is 26.0 Å². The smallest absolute Gasteiger partial charge is 0.0715 e. The molecule has 0 saturated carbocycles. The van der Waals surface area contributed by atoms with E-state index in [-0.39, 0.29) is 0 Å². The monoisotopic (exact) mass is 218 g/mol. The van der Waals surface area contributed by atoms with Crippen LogP contribution in [0.2, 0.25) is 0 Å². The summed E-state index contributed by atoms with van der Waals surface area (Å²) in [6.45, 7) is 4.98. The highest BCUT2D eigenvalue weighted by molar-refractivity contribution is 5.79. The van der Waals surface area contributed by atoms with Gasteiger partial charge in [-0.1, -0.05) is 6.07 Å². The molecule has 3 nitrogen and oxygen atoms in total. The van der Waals surface area contributed by atoms with Crippen molar-refractivity contribution in [2.24, 2.45) is 0 Å². The minimum Gasteiger partial charge on any atom is -0.389 e. The van der Waals surface area contributed by atoms with Crippen LogP contribution >= 0.6 is 0 Å². The Morgan fingerprint density at radius 1 is 1.31 bits per heavy atom.